The summed E-state index contributed by atoms with van der Waals surface area (Å²) in [5.74, 6) is 0.874. The molecule has 2 bridgehead atoms. The number of anilines is 1. The summed E-state index contributed by atoms with van der Waals surface area (Å²) in [6.45, 7) is 8.19. The first-order valence-electron chi connectivity index (χ1n) is 6.74. The van der Waals surface area contributed by atoms with Gasteiger partial charge in [-0.3, -0.25) is 0 Å². The molecule has 2 unspecified atom stereocenters. The van der Waals surface area contributed by atoms with Gasteiger partial charge in [0.25, 0.3) is 0 Å². The van der Waals surface area contributed by atoms with Gasteiger partial charge < -0.3 is 9.64 Å². The maximum absolute atomic E-state index is 5.59. The zero-order chi connectivity index (χ0) is 12.8. The molecule has 4 heteroatoms. The molecule has 0 saturated carbocycles. The highest BCUT2D eigenvalue weighted by atomic mass is 16.5. The summed E-state index contributed by atoms with van der Waals surface area (Å²) in [7, 11) is 0. The molecule has 2 saturated heterocycles. The lowest BCUT2D eigenvalue weighted by Gasteiger charge is -2.34. The zero-order valence-electron chi connectivity index (χ0n) is 11.4. The van der Waals surface area contributed by atoms with E-state index in [-0.39, 0.29) is 5.41 Å². The van der Waals surface area contributed by atoms with Gasteiger partial charge in [-0.1, -0.05) is 20.8 Å². The van der Waals surface area contributed by atoms with Crippen LogP contribution in [0, 0.1) is 0 Å². The minimum absolute atomic E-state index is 0.114. The van der Waals surface area contributed by atoms with Crippen molar-refractivity contribution in [3.05, 3.63) is 18.0 Å². The first-order chi connectivity index (χ1) is 8.55. The summed E-state index contributed by atoms with van der Waals surface area (Å²) < 4.78 is 5.59. The Morgan fingerprint density at radius 1 is 1.11 bits per heavy atom. The van der Waals surface area contributed by atoms with Gasteiger partial charge in [-0.2, -0.15) is 0 Å². The van der Waals surface area contributed by atoms with Gasteiger partial charge >= 0.3 is 0 Å². The van der Waals surface area contributed by atoms with Crippen LogP contribution in [0.2, 0.25) is 0 Å². The van der Waals surface area contributed by atoms with Crippen LogP contribution in [0.15, 0.2) is 12.4 Å². The van der Waals surface area contributed by atoms with Gasteiger partial charge in [0.1, 0.15) is 0 Å². The Morgan fingerprint density at radius 2 is 1.67 bits per heavy atom. The molecule has 2 atom stereocenters. The Morgan fingerprint density at radius 3 is 2.17 bits per heavy atom. The van der Waals surface area contributed by atoms with Crippen molar-refractivity contribution in [3.8, 4) is 0 Å². The van der Waals surface area contributed by atoms with Crippen LogP contribution in [0.1, 0.15) is 39.2 Å². The van der Waals surface area contributed by atoms with E-state index in [0.717, 1.165) is 19.2 Å². The van der Waals surface area contributed by atoms with Crippen molar-refractivity contribution in [2.75, 3.05) is 18.1 Å². The van der Waals surface area contributed by atoms with E-state index in [1.54, 1.807) is 0 Å². The number of hydrogen-bond acceptors (Lipinski definition) is 4. The van der Waals surface area contributed by atoms with Crippen molar-refractivity contribution >= 4 is 5.95 Å². The van der Waals surface area contributed by atoms with Crippen LogP contribution >= 0.6 is 0 Å². The van der Waals surface area contributed by atoms with Crippen LogP contribution in [-0.2, 0) is 10.2 Å². The van der Waals surface area contributed by atoms with Crippen LogP contribution in [0.5, 0.6) is 0 Å². The quantitative estimate of drug-likeness (QED) is 0.762. The largest absolute Gasteiger partial charge is 0.377 e. The first kappa shape index (κ1) is 11.9. The second-order valence-corrected chi connectivity index (χ2v) is 6.35. The third kappa shape index (κ3) is 1.99. The second-order valence-electron chi connectivity index (χ2n) is 6.35. The van der Waals surface area contributed by atoms with E-state index in [1.165, 1.54) is 18.4 Å². The van der Waals surface area contributed by atoms with Gasteiger partial charge in [-0.05, 0) is 23.8 Å². The van der Waals surface area contributed by atoms with Gasteiger partial charge in [0.2, 0.25) is 5.95 Å². The Labute approximate surface area is 108 Å². The predicted octanol–water partition coefficient (Wildman–Crippen LogP) is 2.14. The van der Waals surface area contributed by atoms with Crippen LogP contribution in [0.3, 0.4) is 0 Å². The van der Waals surface area contributed by atoms with E-state index in [4.69, 9.17) is 4.74 Å². The molecule has 0 aromatic carbocycles. The molecule has 3 heterocycles. The lowest BCUT2D eigenvalue weighted by atomic mass is 9.89. The van der Waals surface area contributed by atoms with E-state index in [2.05, 4.69) is 35.6 Å². The zero-order valence-corrected chi connectivity index (χ0v) is 11.4. The van der Waals surface area contributed by atoms with Crippen molar-refractivity contribution < 1.29 is 4.74 Å². The molecule has 4 nitrogen and oxygen atoms in total. The molecule has 98 valence electrons. The van der Waals surface area contributed by atoms with E-state index in [9.17, 15) is 0 Å². The molecule has 2 aliphatic rings. The van der Waals surface area contributed by atoms with Crippen molar-refractivity contribution in [2.45, 2.75) is 51.1 Å². The molecule has 1 aromatic heterocycles. The summed E-state index contributed by atoms with van der Waals surface area (Å²) in [4.78, 5) is 11.5. The highest BCUT2D eigenvalue weighted by Crippen LogP contribution is 2.32. The summed E-state index contributed by atoms with van der Waals surface area (Å²) in [6.07, 6.45) is 6.35. The minimum Gasteiger partial charge on any atom is -0.377 e. The number of morpholine rings is 1. The molecule has 0 N–H and O–H groups in total. The van der Waals surface area contributed by atoms with Gasteiger partial charge in [-0.15, -0.1) is 0 Å². The van der Waals surface area contributed by atoms with Crippen LogP contribution < -0.4 is 4.90 Å². The number of nitrogens with zero attached hydrogens (tertiary/aromatic N) is 3. The first-order valence-corrected chi connectivity index (χ1v) is 6.74. The Balaban J connectivity index is 1.85. The standard InChI is InChI=1S/C14H21N3O/c1-14(2,3)10-6-15-13(16-7-10)17-11-4-5-12(17)9-18-8-11/h6-7,11-12H,4-5,8-9H2,1-3H3. The molecule has 2 fully saturated rings. The molecular weight excluding hydrogens is 226 g/mol. The lowest BCUT2D eigenvalue weighted by Crippen LogP contribution is -2.46. The Kier molecular flexibility index (Phi) is 2.77. The molecule has 0 aliphatic carbocycles. The van der Waals surface area contributed by atoms with Crippen LogP contribution in [0.25, 0.3) is 0 Å². The smallest absolute Gasteiger partial charge is 0.225 e. The summed E-state index contributed by atoms with van der Waals surface area (Å²) >= 11 is 0. The second kappa shape index (κ2) is 4.19. The number of aromatic nitrogens is 2. The van der Waals surface area contributed by atoms with Gasteiger partial charge in [-0.25, -0.2) is 9.97 Å². The van der Waals surface area contributed by atoms with Gasteiger partial charge in [0, 0.05) is 12.4 Å². The molecule has 0 amide bonds. The third-order valence-corrected chi connectivity index (χ3v) is 3.98. The average Bonchev–Trinajstić information content (AvgIpc) is 2.58. The molecule has 3 rings (SSSR count). The highest BCUT2D eigenvalue weighted by Gasteiger charge is 2.38. The minimum atomic E-state index is 0.114. The number of ether oxygens (including phenoxy) is 1. The molecule has 0 radical (unpaired) electrons. The van der Waals surface area contributed by atoms with E-state index in [0.29, 0.717) is 12.1 Å². The summed E-state index contributed by atoms with van der Waals surface area (Å²) in [5, 5.41) is 0. The van der Waals surface area contributed by atoms with Crippen LogP contribution in [-0.4, -0.2) is 35.3 Å². The van der Waals surface area contributed by atoms with Crippen molar-refractivity contribution in [2.24, 2.45) is 0 Å². The fourth-order valence-electron chi connectivity index (χ4n) is 2.80. The summed E-state index contributed by atoms with van der Waals surface area (Å²) in [5.41, 5.74) is 1.30. The molecule has 0 spiro atoms. The monoisotopic (exact) mass is 247 g/mol. The lowest BCUT2D eigenvalue weighted by molar-refractivity contribution is 0.0897. The molecular formula is C14H21N3O. The normalized spacial score (nSPS) is 27.6. The van der Waals surface area contributed by atoms with Crippen molar-refractivity contribution in [1.82, 2.24) is 9.97 Å². The Bertz CT molecular complexity index is 408. The van der Waals surface area contributed by atoms with Gasteiger partial charge in [0.15, 0.2) is 0 Å². The average molecular weight is 247 g/mol. The highest BCUT2D eigenvalue weighted by molar-refractivity contribution is 5.37. The molecule has 18 heavy (non-hydrogen) atoms. The molecule has 2 aliphatic heterocycles. The van der Waals surface area contributed by atoms with Crippen molar-refractivity contribution in [1.29, 1.82) is 0 Å². The SMILES string of the molecule is CC(C)(C)c1cnc(N2C3CCC2COC3)nc1. The fraction of sp³-hybridized carbons (Fsp3) is 0.714. The van der Waals surface area contributed by atoms with E-state index < -0.39 is 0 Å². The predicted molar refractivity (Wildman–Crippen MR) is 70.8 cm³/mol. The van der Waals surface area contributed by atoms with Crippen LogP contribution in [0.4, 0.5) is 5.95 Å². The van der Waals surface area contributed by atoms with Gasteiger partial charge in [0.05, 0.1) is 25.3 Å². The number of hydrogen-bond donors (Lipinski definition) is 0. The fourth-order valence-corrected chi connectivity index (χ4v) is 2.80. The number of fused-ring (bicyclic) bond motifs is 2. The third-order valence-electron chi connectivity index (χ3n) is 3.98. The molecule has 1 aromatic rings. The summed E-state index contributed by atoms with van der Waals surface area (Å²) in [6, 6.07) is 0.952. The topological polar surface area (TPSA) is 38.2 Å². The van der Waals surface area contributed by atoms with Crippen molar-refractivity contribution in [3.63, 3.8) is 0 Å². The van der Waals surface area contributed by atoms with E-state index in [1.807, 2.05) is 12.4 Å². The number of rotatable bonds is 1. The Hall–Kier alpha value is -1.16. The maximum Gasteiger partial charge on any atom is 0.225 e. The maximum atomic E-state index is 5.59. The van der Waals surface area contributed by atoms with E-state index >= 15 is 0 Å².